The van der Waals surface area contributed by atoms with Crippen molar-refractivity contribution in [2.24, 2.45) is 0 Å². The fourth-order valence-electron chi connectivity index (χ4n) is 4.89. The second-order valence-electron chi connectivity index (χ2n) is 10.1. The van der Waals surface area contributed by atoms with Gasteiger partial charge in [-0.1, -0.05) is 11.6 Å². The monoisotopic (exact) mass is 586 g/mol. The zero-order valence-electron chi connectivity index (χ0n) is 22.7. The van der Waals surface area contributed by atoms with E-state index in [-0.39, 0.29) is 35.7 Å². The number of carbonyl (C=O) groups is 1. The summed E-state index contributed by atoms with van der Waals surface area (Å²) in [7, 11) is 1.50. The molecular weight excluding hydrogens is 560 g/mol. The van der Waals surface area contributed by atoms with Crippen LogP contribution in [0.4, 0.5) is 16.6 Å². The maximum atomic E-state index is 13.4. The van der Waals surface area contributed by atoms with Crippen LogP contribution in [0.15, 0.2) is 37.2 Å². The molecule has 2 aliphatic rings. The highest BCUT2D eigenvalue weighted by Crippen LogP contribution is 2.31. The van der Waals surface area contributed by atoms with Gasteiger partial charge in [-0.2, -0.15) is 10.4 Å². The number of rotatable bonds is 8. The van der Waals surface area contributed by atoms with Gasteiger partial charge in [0.05, 0.1) is 42.0 Å². The molecule has 2 aliphatic carbocycles. The number of urea groups is 1. The van der Waals surface area contributed by atoms with Gasteiger partial charge < -0.3 is 15.4 Å². The molecule has 0 radical (unpaired) electrons. The Kier molecular flexibility index (Phi) is 7.74. The van der Waals surface area contributed by atoms with Gasteiger partial charge in [0.15, 0.2) is 5.82 Å². The molecule has 4 aromatic rings. The minimum Gasteiger partial charge on any atom is -0.467 e. The molecule has 4 heterocycles. The van der Waals surface area contributed by atoms with Crippen LogP contribution in [0.5, 0.6) is 6.01 Å². The Bertz CT molecular complexity index is 1590. The van der Waals surface area contributed by atoms with Gasteiger partial charge in [0, 0.05) is 42.3 Å². The van der Waals surface area contributed by atoms with E-state index in [0.717, 1.165) is 38.5 Å². The number of ether oxygens (including phenoxy) is 1. The van der Waals surface area contributed by atoms with E-state index in [2.05, 4.69) is 56.8 Å². The van der Waals surface area contributed by atoms with Crippen molar-refractivity contribution in [3.05, 3.63) is 47.8 Å². The van der Waals surface area contributed by atoms with E-state index in [1.54, 1.807) is 29.7 Å². The molecule has 6 rings (SSSR count). The summed E-state index contributed by atoms with van der Waals surface area (Å²) in [6, 6.07) is 2.41. The van der Waals surface area contributed by atoms with Crippen molar-refractivity contribution < 1.29 is 9.53 Å². The maximum absolute atomic E-state index is 13.4. The molecule has 3 N–H and O–H groups in total. The van der Waals surface area contributed by atoms with Crippen molar-refractivity contribution in [2.75, 3.05) is 17.3 Å². The summed E-state index contributed by atoms with van der Waals surface area (Å²) >= 11 is 6.21. The Morgan fingerprint density at radius 1 is 1.00 bits per heavy atom. The quantitative estimate of drug-likeness (QED) is 0.273. The number of H-pyrrole nitrogens is 1. The number of halogens is 1. The molecular formula is C27H27ClN12O2. The van der Waals surface area contributed by atoms with Gasteiger partial charge in [0.1, 0.15) is 17.5 Å². The fourth-order valence-corrected chi connectivity index (χ4v) is 5.07. The number of anilines is 2. The number of nitrogens with zero attached hydrogens (tertiary/aromatic N) is 9. The van der Waals surface area contributed by atoms with E-state index in [1.165, 1.54) is 19.5 Å². The van der Waals surface area contributed by atoms with Gasteiger partial charge in [-0.3, -0.25) is 15.0 Å². The maximum Gasteiger partial charge on any atom is 0.323 e. The van der Waals surface area contributed by atoms with Crippen LogP contribution in [0.25, 0.3) is 22.6 Å². The normalized spacial score (nSPS) is 18.1. The number of hydrogen-bond acceptors (Lipinski definition) is 11. The molecule has 0 aromatic carbocycles. The average molecular weight is 587 g/mol. The molecule has 2 amide bonds. The standard InChI is InChI=1S/C27H27ClN12O2/c1-42-26-33-10-16(11-34-26)21-13-31-22(14-30-21)40(27(41)37-18-2-3-18)19-6-4-17(5-7-19)36-25-32-9-15(8-29)23(38-25)24-20(28)12-35-39-24/h9-14,17-19H,2-7H2,1H3,(H,35,39)(H,37,41)(H,32,36,38)/t17-,19-. The molecule has 14 nitrogen and oxygen atoms in total. The van der Waals surface area contributed by atoms with Gasteiger partial charge in [0.25, 0.3) is 0 Å². The van der Waals surface area contributed by atoms with Gasteiger partial charge in [-0.05, 0) is 38.5 Å². The zero-order chi connectivity index (χ0) is 29.1. The zero-order valence-corrected chi connectivity index (χ0v) is 23.4. The first-order chi connectivity index (χ1) is 20.5. The topological polar surface area (TPSA) is 183 Å². The molecule has 0 bridgehead atoms. The third kappa shape index (κ3) is 5.91. The number of aromatic amines is 1. The highest BCUT2D eigenvalue weighted by Gasteiger charge is 2.34. The summed E-state index contributed by atoms with van der Waals surface area (Å²) in [4.78, 5) is 41.3. The third-order valence-electron chi connectivity index (χ3n) is 7.24. The first-order valence-electron chi connectivity index (χ1n) is 13.5. The summed E-state index contributed by atoms with van der Waals surface area (Å²) in [5.74, 6) is 0.873. The van der Waals surface area contributed by atoms with Crippen LogP contribution in [-0.4, -0.2) is 71.4 Å². The molecule has 2 saturated carbocycles. The molecule has 2 fully saturated rings. The Morgan fingerprint density at radius 3 is 2.38 bits per heavy atom. The van der Waals surface area contributed by atoms with Gasteiger partial charge >= 0.3 is 12.0 Å². The lowest BCUT2D eigenvalue weighted by atomic mass is 9.90. The van der Waals surface area contributed by atoms with Crippen molar-refractivity contribution in [2.45, 2.75) is 56.7 Å². The number of hydrogen-bond donors (Lipinski definition) is 3. The van der Waals surface area contributed by atoms with E-state index in [0.29, 0.717) is 39.4 Å². The molecule has 15 heteroatoms. The smallest absolute Gasteiger partial charge is 0.323 e. The Balaban J connectivity index is 1.15. The van der Waals surface area contributed by atoms with Crippen LogP contribution < -0.4 is 20.3 Å². The largest absolute Gasteiger partial charge is 0.467 e. The third-order valence-corrected chi connectivity index (χ3v) is 7.53. The first kappa shape index (κ1) is 27.3. The SMILES string of the molecule is COc1ncc(-c2cnc(N(C(=O)NC3CC3)[C@H]3CC[C@H](Nc4ncc(C#N)c(-c5n[nH]cc5Cl)n4)CC3)cn2)cn1. The number of aromatic nitrogens is 8. The van der Waals surface area contributed by atoms with Crippen LogP contribution in [0, 0.1) is 11.3 Å². The highest BCUT2D eigenvalue weighted by atomic mass is 35.5. The summed E-state index contributed by atoms with van der Waals surface area (Å²) in [6.07, 6.45) is 14.4. The molecule has 42 heavy (non-hydrogen) atoms. The predicted octanol–water partition coefficient (Wildman–Crippen LogP) is 3.75. The van der Waals surface area contributed by atoms with Crippen LogP contribution in [0.2, 0.25) is 5.02 Å². The second-order valence-corrected chi connectivity index (χ2v) is 10.5. The van der Waals surface area contributed by atoms with E-state index in [1.807, 2.05) is 0 Å². The first-order valence-corrected chi connectivity index (χ1v) is 13.9. The molecule has 0 atom stereocenters. The lowest BCUT2D eigenvalue weighted by Gasteiger charge is -2.36. The summed E-state index contributed by atoms with van der Waals surface area (Å²) in [5.41, 5.74) is 2.32. The van der Waals surface area contributed by atoms with Crippen molar-refractivity contribution in [1.29, 1.82) is 5.26 Å². The number of amides is 2. The molecule has 0 spiro atoms. The van der Waals surface area contributed by atoms with Gasteiger partial charge in [-0.25, -0.2) is 29.7 Å². The van der Waals surface area contributed by atoms with Crippen molar-refractivity contribution >= 4 is 29.4 Å². The van der Waals surface area contributed by atoms with Crippen LogP contribution in [0.3, 0.4) is 0 Å². The van der Waals surface area contributed by atoms with Crippen molar-refractivity contribution in [3.8, 4) is 34.7 Å². The fraction of sp³-hybridized carbons (Fsp3) is 0.370. The number of nitriles is 1. The summed E-state index contributed by atoms with van der Waals surface area (Å²) in [5, 5.41) is 23.2. The average Bonchev–Trinajstić information content (AvgIpc) is 3.74. The molecule has 4 aromatic heterocycles. The molecule has 0 saturated heterocycles. The van der Waals surface area contributed by atoms with Gasteiger partial charge in [-0.15, -0.1) is 0 Å². The molecule has 214 valence electrons. The van der Waals surface area contributed by atoms with E-state index in [4.69, 9.17) is 16.3 Å². The van der Waals surface area contributed by atoms with E-state index < -0.39 is 0 Å². The van der Waals surface area contributed by atoms with Crippen molar-refractivity contribution in [1.82, 2.24) is 45.4 Å². The lowest BCUT2D eigenvalue weighted by molar-refractivity contribution is 0.240. The van der Waals surface area contributed by atoms with E-state index in [9.17, 15) is 10.1 Å². The molecule has 0 unspecified atom stereocenters. The Morgan fingerprint density at radius 2 is 1.76 bits per heavy atom. The van der Waals surface area contributed by atoms with Crippen LogP contribution in [0.1, 0.15) is 44.1 Å². The number of carbonyl (C=O) groups excluding carboxylic acids is 1. The van der Waals surface area contributed by atoms with Crippen molar-refractivity contribution in [3.63, 3.8) is 0 Å². The van der Waals surface area contributed by atoms with E-state index >= 15 is 0 Å². The minimum absolute atomic E-state index is 0.0634. The Hall–Kier alpha value is -4.90. The van der Waals surface area contributed by atoms with Crippen LogP contribution >= 0.6 is 11.6 Å². The van der Waals surface area contributed by atoms with Gasteiger partial charge in [0.2, 0.25) is 5.95 Å². The predicted molar refractivity (Wildman–Crippen MR) is 153 cm³/mol. The number of methoxy groups -OCH3 is 1. The van der Waals surface area contributed by atoms with Crippen LogP contribution in [-0.2, 0) is 0 Å². The highest BCUT2D eigenvalue weighted by molar-refractivity contribution is 6.32. The second kappa shape index (κ2) is 11.9. The number of nitrogens with one attached hydrogen (secondary N) is 3. The molecule has 0 aliphatic heterocycles. The summed E-state index contributed by atoms with van der Waals surface area (Å²) < 4.78 is 5.02. The summed E-state index contributed by atoms with van der Waals surface area (Å²) in [6.45, 7) is 0. The Labute approximate surface area is 246 Å². The lowest BCUT2D eigenvalue weighted by Crippen LogP contribution is -2.49. The minimum atomic E-state index is -0.167.